The normalized spacial score (nSPS) is 11.0. The van der Waals surface area contributed by atoms with Crippen LogP contribution in [0.3, 0.4) is 0 Å². The molecule has 0 amide bonds. The molecule has 0 bridgehead atoms. The lowest BCUT2D eigenvalue weighted by Crippen LogP contribution is -2.20. The van der Waals surface area contributed by atoms with Crippen molar-refractivity contribution in [1.29, 1.82) is 0 Å². The molecule has 0 atom stereocenters. The van der Waals surface area contributed by atoms with E-state index in [1.807, 2.05) is 42.5 Å². The Balaban J connectivity index is 2.21. The van der Waals surface area contributed by atoms with Crippen molar-refractivity contribution in [3.8, 4) is 22.3 Å². The van der Waals surface area contributed by atoms with Gasteiger partial charge in [-0.2, -0.15) is 0 Å². The van der Waals surface area contributed by atoms with Gasteiger partial charge >= 0.3 is 0 Å². The Hall–Kier alpha value is -2.91. The molecule has 0 aliphatic rings. The number of aryl methyl sites for hydroxylation is 1. The highest BCUT2D eigenvalue weighted by Gasteiger charge is 2.18. The van der Waals surface area contributed by atoms with Gasteiger partial charge in [-0.3, -0.25) is 4.79 Å². The third kappa shape index (κ3) is 2.71. The molecule has 0 N–H and O–H groups in total. The van der Waals surface area contributed by atoms with E-state index < -0.39 is 0 Å². The minimum Gasteiger partial charge on any atom is -0.311 e. The second kappa shape index (κ2) is 6.43. The van der Waals surface area contributed by atoms with E-state index in [0.29, 0.717) is 16.1 Å². The summed E-state index contributed by atoms with van der Waals surface area (Å²) in [6.45, 7) is 0. The zero-order chi connectivity index (χ0) is 18.3. The van der Waals surface area contributed by atoms with Crippen LogP contribution in [0.15, 0.2) is 77.6 Å². The summed E-state index contributed by atoms with van der Waals surface area (Å²) >= 11 is 6.25. The molecule has 0 aliphatic heterocycles. The quantitative estimate of drug-likeness (QED) is 0.450. The van der Waals surface area contributed by atoms with E-state index in [9.17, 15) is 9.18 Å². The Morgan fingerprint density at radius 3 is 2.19 bits per heavy atom. The minimum atomic E-state index is -0.337. The van der Waals surface area contributed by atoms with Gasteiger partial charge in [-0.1, -0.05) is 54.1 Å². The average Bonchev–Trinajstić information content (AvgIpc) is 2.66. The lowest BCUT2D eigenvalue weighted by atomic mass is 9.92. The van der Waals surface area contributed by atoms with Crippen LogP contribution in [0.4, 0.5) is 4.39 Å². The van der Waals surface area contributed by atoms with E-state index in [2.05, 4.69) is 0 Å². The van der Waals surface area contributed by atoms with Gasteiger partial charge in [-0.05, 0) is 41.5 Å². The van der Waals surface area contributed by atoms with E-state index in [1.165, 1.54) is 12.1 Å². The third-order valence-corrected chi connectivity index (χ3v) is 4.79. The molecule has 4 heteroatoms. The Kier molecular flexibility index (Phi) is 4.09. The lowest BCUT2D eigenvalue weighted by Gasteiger charge is -2.16. The largest absolute Gasteiger partial charge is 0.311 e. The van der Waals surface area contributed by atoms with Crippen molar-refractivity contribution in [3.63, 3.8) is 0 Å². The average molecular weight is 364 g/mol. The number of fused-ring (bicyclic) bond motifs is 1. The molecule has 0 radical (unpaired) electrons. The summed E-state index contributed by atoms with van der Waals surface area (Å²) < 4.78 is 15.0. The summed E-state index contributed by atoms with van der Waals surface area (Å²) in [5.74, 6) is -0.337. The molecule has 2 nitrogen and oxygen atoms in total. The maximum Gasteiger partial charge on any atom is 0.259 e. The smallest absolute Gasteiger partial charge is 0.259 e. The topological polar surface area (TPSA) is 22.0 Å². The molecule has 0 fully saturated rings. The van der Waals surface area contributed by atoms with Crippen LogP contribution in [-0.2, 0) is 7.05 Å². The number of rotatable bonds is 2. The summed E-state index contributed by atoms with van der Waals surface area (Å²) in [5, 5.41) is 1.48. The van der Waals surface area contributed by atoms with Gasteiger partial charge in [0.05, 0.1) is 11.1 Å². The van der Waals surface area contributed by atoms with E-state index in [0.717, 1.165) is 22.0 Å². The fraction of sp³-hybridized carbons (Fsp3) is 0.0455. The number of benzene rings is 3. The number of halogens is 2. The van der Waals surface area contributed by atoms with Gasteiger partial charge in [0.2, 0.25) is 0 Å². The first-order valence-corrected chi connectivity index (χ1v) is 8.57. The highest BCUT2D eigenvalue weighted by molar-refractivity contribution is 6.31. The molecule has 0 saturated heterocycles. The van der Waals surface area contributed by atoms with Crippen molar-refractivity contribution in [2.45, 2.75) is 0 Å². The third-order valence-electron chi connectivity index (χ3n) is 4.55. The molecule has 4 aromatic rings. The van der Waals surface area contributed by atoms with Crippen LogP contribution in [0.2, 0.25) is 5.02 Å². The number of hydrogen-bond donors (Lipinski definition) is 0. The molecule has 1 aromatic heterocycles. The summed E-state index contributed by atoms with van der Waals surface area (Å²) in [7, 11) is 1.74. The zero-order valence-electron chi connectivity index (χ0n) is 14.0. The summed E-state index contributed by atoms with van der Waals surface area (Å²) in [4.78, 5) is 13.2. The molecule has 4 rings (SSSR count). The monoisotopic (exact) mass is 363 g/mol. The van der Waals surface area contributed by atoms with E-state index in [1.54, 1.807) is 29.8 Å². The van der Waals surface area contributed by atoms with Gasteiger partial charge in [0.15, 0.2) is 0 Å². The van der Waals surface area contributed by atoms with E-state index >= 15 is 0 Å². The van der Waals surface area contributed by atoms with Crippen molar-refractivity contribution in [2.24, 2.45) is 7.05 Å². The zero-order valence-corrected chi connectivity index (χ0v) is 14.8. The van der Waals surface area contributed by atoms with E-state index in [4.69, 9.17) is 11.6 Å². The Morgan fingerprint density at radius 1 is 0.846 bits per heavy atom. The Labute approximate surface area is 155 Å². The van der Waals surface area contributed by atoms with Crippen LogP contribution in [0, 0.1) is 5.82 Å². The maximum absolute atomic E-state index is 13.4. The first-order valence-electron chi connectivity index (χ1n) is 8.20. The molecular formula is C22H15ClFNO. The molecule has 0 unspecified atom stereocenters. The molecule has 0 spiro atoms. The van der Waals surface area contributed by atoms with Crippen LogP contribution < -0.4 is 5.56 Å². The number of pyridine rings is 1. The van der Waals surface area contributed by atoms with Crippen LogP contribution >= 0.6 is 11.6 Å². The van der Waals surface area contributed by atoms with Crippen LogP contribution in [0.1, 0.15) is 0 Å². The first-order chi connectivity index (χ1) is 12.6. The SMILES string of the molecule is Cn1c(=O)c(-c2ccc(F)cc2)c(-c2ccccc2)c2cc(Cl)ccc21. The van der Waals surface area contributed by atoms with Crippen LogP contribution in [0.5, 0.6) is 0 Å². The predicted molar refractivity (Wildman–Crippen MR) is 105 cm³/mol. The van der Waals surface area contributed by atoms with Gasteiger partial charge in [-0.15, -0.1) is 0 Å². The van der Waals surface area contributed by atoms with Crippen molar-refractivity contribution in [3.05, 3.63) is 94.0 Å². The fourth-order valence-electron chi connectivity index (χ4n) is 3.31. The van der Waals surface area contributed by atoms with Crippen molar-refractivity contribution in [1.82, 2.24) is 4.57 Å². The van der Waals surface area contributed by atoms with Gasteiger partial charge in [0.25, 0.3) is 5.56 Å². The second-order valence-electron chi connectivity index (χ2n) is 6.15. The highest BCUT2D eigenvalue weighted by Crippen LogP contribution is 2.36. The molecule has 3 aromatic carbocycles. The van der Waals surface area contributed by atoms with Crippen LogP contribution in [-0.4, -0.2) is 4.57 Å². The Morgan fingerprint density at radius 2 is 1.50 bits per heavy atom. The molecule has 128 valence electrons. The number of aromatic nitrogens is 1. The summed E-state index contributed by atoms with van der Waals surface area (Å²) in [5.41, 5.74) is 3.59. The number of hydrogen-bond acceptors (Lipinski definition) is 1. The van der Waals surface area contributed by atoms with Crippen molar-refractivity contribution in [2.75, 3.05) is 0 Å². The standard InChI is InChI=1S/C22H15ClFNO/c1-25-19-12-9-16(23)13-18(19)20(14-5-3-2-4-6-14)21(22(25)26)15-7-10-17(24)11-8-15/h2-13H,1H3. The highest BCUT2D eigenvalue weighted by atomic mass is 35.5. The Bertz CT molecular complexity index is 1160. The molecular weight excluding hydrogens is 349 g/mol. The number of nitrogens with zero attached hydrogens (tertiary/aromatic N) is 1. The first kappa shape index (κ1) is 16.6. The van der Waals surface area contributed by atoms with Gasteiger partial charge < -0.3 is 4.57 Å². The molecule has 1 heterocycles. The van der Waals surface area contributed by atoms with Gasteiger partial charge in [0.1, 0.15) is 5.82 Å². The van der Waals surface area contributed by atoms with Crippen LogP contribution in [0.25, 0.3) is 33.2 Å². The molecule has 0 saturated carbocycles. The van der Waals surface area contributed by atoms with E-state index in [-0.39, 0.29) is 11.4 Å². The lowest BCUT2D eigenvalue weighted by molar-refractivity contribution is 0.628. The second-order valence-corrected chi connectivity index (χ2v) is 6.58. The van der Waals surface area contributed by atoms with Gasteiger partial charge in [0, 0.05) is 23.0 Å². The van der Waals surface area contributed by atoms with Gasteiger partial charge in [-0.25, -0.2) is 4.39 Å². The van der Waals surface area contributed by atoms with Crippen molar-refractivity contribution >= 4 is 22.5 Å². The molecule has 0 aliphatic carbocycles. The minimum absolute atomic E-state index is 0.134. The van der Waals surface area contributed by atoms with Crippen molar-refractivity contribution < 1.29 is 4.39 Å². The predicted octanol–water partition coefficient (Wildman–Crippen LogP) is 5.67. The molecule has 26 heavy (non-hydrogen) atoms. The summed E-state index contributed by atoms with van der Waals surface area (Å²) in [6.07, 6.45) is 0. The summed E-state index contributed by atoms with van der Waals surface area (Å²) in [6, 6.07) is 21.2. The fourth-order valence-corrected chi connectivity index (χ4v) is 3.48. The maximum atomic E-state index is 13.4.